The Morgan fingerprint density at radius 2 is 2.00 bits per heavy atom. The highest BCUT2D eigenvalue weighted by molar-refractivity contribution is 9.10. The molecule has 0 saturated carbocycles. The minimum absolute atomic E-state index is 0.292. The fourth-order valence-electron chi connectivity index (χ4n) is 1.21. The topological polar surface area (TPSA) is 27.7 Å². The average Bonchev–Trinajstić information content (AvgIpc) is 2.30. The summed E-state index contributed by atoms with van der Waals surface area (Å²) in [5, 5.41) is 0. The molecule has 0 heterocycles. The van der Waals surface area contributed by atoms with Crippen molar-refractivity contribution in [1.82, 2.24) is 0 Å². The first kappa shape index (κ1) is 14.4. The third-order valence-electron chi connectivity index (χ3n) is 2.02. The van der Waals surface area contributed by atoms with Gasteiger partial charge in [-0.05, 0) is 40.5 Å². The zero-order valence-corrected chi connectivity index (χ0v) is 11.3. The van der Waals surface area contributed by atoms with E-state index in [1.807, 2.05) is 0 Å². The van der Waals surface area contributed by atoms with Crippen LogP contribution in [0, 0.1) is 5.82 Å². The van der Waals surface area contributed by atoms with Crippen molar-refractivity contribution < 1.29 is 18.6 Å². The van der Waals surface area contributed by atoms with E-state index in [1.165, 1.54) is 12.1 Å². The molecule has 0 spiro atoms. The lowest BCUT2D eigenvalue weighted by Crippen LogP contribution is -2.08. The number of rotatable bonds is 8. The van der Waals surface area contributed by atoms with Crippen molar-refractivity contribution in [3.63, 3.8) is 0 Å². The largest absolute Gasteiger partial charge is 0.490 e. The highest BCUT2D eigenvalue weighted by atomic mass is 79.9. The first-order chi connectivity index (χ1) is 8.24. The maximum Gasteiger partial charge on any atom is 0.133 e. The van der Waals surface area contributed by atoms with Crippen LogP contribution in [-0.4, -0.2) is 33.5 Å². The van der Waals surface area contributed by atoms with E-state index in [1.54, 1.807) is 13.2 Å². The predicted molar refractivity (Wildman–Crippen MR) is 66.9 cm³/mol. The Kier molecular flexibility index (Phi) is 7.16. The average molecular weight is 307 g/mol. The molecule has 0 fully saturated rings. The number of halogens is 2. The molecule has 0 radical (unpaired) electrons. The minimum atomic E-state index is -0.292. The van der Waals surface area contributed by atoms with Crippen LogP contribution in [0.15, 0.2) is 22.7 Å². The van der Waals surface area contributed by atoms with Gasteiger partial charge in [0, 0.05) is 20.3 Å². The number of methoxy groups -OCH3 is 1. The summed E-state index contributed by atoms with van der Waals surface area (Å²) in [6, 6.07) is 4.32. The van der Waals surface area contributed by atoms with Gasteiger partial charge in [-0.3, -0.25) is 0 Å². The van der Waals surface area contributed by atoms with Gasteiger partial charge in [-0.1, -0.05) is 0 Å². The molecule has 17 heavy (non-hydrogen) atoms. The molecule has 0 aromatic heterocycles. The summed E-state index contributed by atoms with van der Waals surface area (Å²) in [5.41, 5.74) is 0. The van der Waals surface area contributed by atoms with Crippen LogP contribution in [0.4, 0.5) is 4.39 Å². The standard InChI is InChI=1S/C12H16BrFO3/c1-15-5-2-6-16-7-8-17-12-4-3-10(14)9-11(12)13/h3-4,9H,2,5-8H2,1H3. The van der Waals surface area contributed by atoms with Crippen LogP contribution >= 0.6 is 15.9 Å². The second-order valence-corrected chi connectivity index (χ2v) is 4.24. The Morgan fingerprint density at radius 1 is 1.18 bits per heavy atom. The van der Waals surface area contributed by atoms with Gasteiger partial charge in [-0.25, -0.2) is 4.39 Å². The van der Waals surface area contributed by atoms with Crippen LogP contribution in [0.2, 0.25) is 0 Å². The van der Waals surface area contributed by atoms with Crippen molar-refractivity contribution in [2.75, 3.05) is 33.5 Å². The molecule has 0 aliphatic heterocycles. The van der Waals surface area contributed by atoms with Crippen LogP contribution in [0.5, 0.6) is 5.75 Å². The lowest BCUT2D eigenvalue weighted by Gasteiger charge is -2.08. The van der Waals surface area contributed by atoms with E-state index in [9.17, 15) is 4.39 Å². The van der Waals surface area contributed by atoms with Crippen LogP contribution in [-0.2, 0) is 9.47 Å². The summed E-state index contributed by atoms with van der Waals surface area (Å²) in [6.45, 7) is 2.30. The van der Waals surface area contributed by atoms with E-state index in [0.717, 1.165) is 6.42 Å². The molecule has 96 valence electrons. The zero-order chi connectivity index (χ0) is 12.5. The molecule has 0 saturated heterocycles. The van der Waals surface area contributed by atoms with Gasteiger partial charge in [-0.2, -0.15) is 0 Å². The van der Waals surface area contributed by atoms with Crippen molar-refractivity contribution >= 4 is 15.9 Å². The van der Waals surface area contributed by atoms with Gasteiger partial charge in [0.15, 0.2) is 0 Å². The Bertz CT molecular complexity index is 334. The SMILES string of the molecule is COCCCOCCOc1ccc(F)cc1Br. The van der Waals surface area contributed by atoms with E-state index >= 15 is 0 Å². The smallest absolute Gasteiger partial charge is 0.133 e. The van der Waals surface area contributed by atoms with Gasteiger partial charge >= 0.3 is 0 Å². The first-order valence-corrected chi connectivity index (χ1v) is 6.18. The van der Waals surface area contributed by atoms with E-state index in [-0.39, 0.29) is 5.82 Å². The first-order valence-electron chi connectivity index (χ1n) is 5.38. The zero-order valence-electron chi connectivity index (χ0n) is 9.75. The van der Waals surface area contributed by atoms with Crippen molar-refractivity contribution in [2.24, 2.45) is 0 Å². The fourth-order valence-corrected chi connectivity index (χ4v) is 1.68. The molecule has 1 aromatic rings. The maximum atomic E-state index is 12.8. The van der Waals surface area contributed by atoms with Gasteiger partial charge in [0.25, 0.3) is 0 Å². The predicted octanol–water partition coefficient (Wildman–Crippen LogP) is 3.02. The Morgan fingerprint density at radius 3 is 2.71 bits per heavy atom. The third kappa shape index (κ3) is 6.00. The third-order valence-corrected chi connectivity index (χ3v) is 2.64. The molecular formula is C12H16BrFO3. The Hall–Kier alpha value is -0.650. The summed E-state index contributed by atoms with van der Waals surface area (Å²) >= 11 is 3.23. The quantitative estimate of drug-likeness (QED) is 0.691. The van der Waals surface area contributed by atoms with Crippen molar-refractivity contribution in [3.8, 4) is 5.75 Å². The second-order valence-electron chi connectivity index (χ2n) is 3.38. The van der Waals surface area contributed by atoms with Crippen LogP contribution < -0.4 is 4.74 Å². The summed E-state index contributed by atoms with van der Waals surface area (Å²) in [4.78, 5) is 0. The minimum Gasteiger partial charge on any atom is -0.490 e. The van der Waals surface area contributed by atoms with Crippen molar-refractivity contribution in [1.29, 1.82) is 0 Å². The van der Waals surface area contributed by atoms with E-state index in [2.05, 4.69) is 15.9 Å². The van der Waals surface area contributed by atoms with Gasteiger partial charge < -0.3 is 14.2 Å². The normalized spacial score (nSPS) is 10.5. The van der Waals surface area contributed by atoms with Crippen molar-refractivity contribution in [2.45, 2.75) is 6.42 Å². The maximum absolute atomic E-state index is 12.8. The second kappa shape index (κ2) is 8.44. The molecule has 0 N–H and O–H groups in total. The summed E-state index contributed by atoms with van der Waals surface area (Å²) in [5.74, 6) is 0.326. The summed E-state index contributed by atoms with van der Waals surface area (Å²) in [7, 11) is 1.66. The molecule has 3 nitrogen and oxygen atoms in total. The molecule has 1 rings (SSSR count). The van der Waals surface area contributed by atoms with Gasteiger partial charge in [0.05, 0.1) is 11.1 Å². The fraction of sp³-hybridized carbons (Fsp3) is 0.500. The van der Waals surface area contributed by atoms with E-state index in [0.29, 0.717) is 36.6 Å². The molecule has 0 atom stereocenters. The van der Waals surface area contributed by atoms with Gasteiger partial charge in [0.1, 0.15) is 18.2 Å². The van der Waals surface area contributed by atoms with Gasteiger partial charge in [-0.15, -0.1) is 0 Å². The highest BCUT2D eigenvalue weighted by Gasteiger charge is 2.02. The molecule has 0 amide bonds. The molecule has 0 aliphatic carbocycles. The highest BCUT2D eigenvalue weighted by Crippen LogP contribution is 2.25. The Labute approximate surface area is 109 Å². The number of hydrogen-bond donors (Lipinski definition) is 0. The summed E-state index contributed by atoms with van der Waals surface area (Å²) < 4.78 is 29.0. The molecule has 0 bridgehead atoms. The van der Waals surface area contributed by atoms with Crippen LogP contribution in [0.1, 0.15) is 6.42 Å². The molecular weight excluding hydrogens is 291 g/mol. The lowest BCUT2D eigenvalue weighted by molar-refractivity contribution is 0.0804. The monoisotopic (exact) mass is 306 g/mol. The van der Waals surface area contributed by atoms with Gasteiger partial charge in [0.2, 0.25) is 0 Å². The number of ether oxygens (including phenoxy) is 3. The van der Waals surface area contributed by atoms with Crippen LogP contribution in [0.3, 0.4) is 0 Å². The van der Waals surface area contributed by atoms with E-state index in [4.69, 9.17) is 14.2 Å². The molecule has 0 aliphatic rings. The molecule has 5 heteroatoms. The number of hydrogen-bond acceptors (Lipinski definition) is 3. The molecule has 0 unspecified atom stereocenters. The number of benzene rings is 1. The van der Waals surface area contributed by atoms with Crippen molar-refractivity contribution in [3.05, 3.63) is 28.5 Å². The van der Waals surface area contributed by atoms with E-state index < -0.39 is 0 Å². The Balaban J connectivity index is 2.14. The molecule has 1 aromatic carbocycles. The summed E-state index contributed by atoms with van der Waals surface area (Å²) in [6.07, 6.45) is 0.872. The van der Waals surface area contributed by atoms with Crippen LogP contribution in [0.25, 0.3) is 0 Å². The lowest BCUT2D eigenvalue weighted by atomic mass is 10.3.